The molecule has 0 aliphatic heterocycles. The molecule has 0 atom stereocenters. The summed E-state index contributed by atoms with van der Waals surface area (Å²) in [4.78, 5) is 4.05. The molecule has 3 rings (SSSR count). The van der Waals surface area contributed by atoms with Gasteiger partial charge in [0.2, 0.25) is 0 Å². The molecule has 0 aliphatic rings. The third-order valence-electron chi connectivity index (χ3n) is 3.08. The molecule has 1 heterocycles. The van der Waals surface area contributed by atoms with Crippen LogP contribution in [0, 0.1) is 0 Å². The van der Waals surface area contributed by atoms with Gasteiger partial charge < -0.3 is 9.73 Å². The normalized spacial score (nSPS) is 11.5. The lowest BCUT2D eigenvalue weighted by Crippen LogP contribution is -2.04. The van der Waals surface area contributed by atoms with Crippen molar-refractivity contribution >= 4 is 23.3 Å². The van der Waals surface area contributed by atoms with Crippen molar-refractivity contribution in [3.05, 3.63) is 65.3 Å². The number of nitrogens with zero attached hydrogens (tertiary/aromatic N) is 1. The summed E-state index contributed by atoms with van der Waals surface area (Å²) in [5.74, 6) is 0.502. The van der Waals surface area contributed by atoms with E-state index in [1.807, 2.05) is 6.07 Å². The van der Waals surface area contributed by atoms with E-state index in [4.69, 9.17) is 16.0 Å². The summed E-state index contributed by atoms with van der Waals surface area (Å²) >= 11 is 5.91. The van der Waals surface area contributed by atoms with Gasteiger partial charge in [-0.1, -0.05) is 23.7 Å². The molecule has 3 nitrogen and oxygen atoms in total. The Kier molecular flexibility index (Phi) is 4.00. The summed E-state index contributed by atoms with van der Waals surface area (Å²) in [6.07, 6.45) is -2.85. The molecule has 0 spiro atoms. The van der Waals surface area contributed by atoms with Crippen LogP contribution in [0.5, 0.6) is 0 Å². The largest absolute Gasteiger partial charge is 0.423 e. The van der Waals surface area contributed by atoms with Crippen LogP contribution in [0.3, 0.4) is 0 Å². The van der Waals surface area contributed by atoms with Gasteiger partial charge in [0.15, 0.2) is 5.76 Å². The molecule has 1 aromatic heterocycles. The van der Waals surface area contributed by atoms with Gasteiger partial charge in [-0.25, -0.2) is 4.98 Å². The highest BCUT2D eigenvalue weighted by Gasteiger charge is 2.29. The van der Waals surface area contributed by atoms with Crippen LogP contribution < -0.4 is 5.32 Å². The zero-order valence-corrected chi connectivity index (χ0v) is 12.3. The van der Waals surface area contributed by atoms with Crippen LogP contribution in [0.1, 0.15) is 5.56 Å². The van der Waals surface area contributed by atoms with E-state index in [0.717, 1.165) is 17.7 Å². The van der Waals surface area contributed by atoms with E-state index in [-0.39, 0.29) is 6.01 Å². The van der Waals surface area contributed by atoms with Crippen LogP contribution in [0.4, 0.5) is 24.9 Å². The monoisotopic (exact) mass is 338 g/mol. The fourth-order valence-corrected chi connectivity index (χ4v) is 2.16. The highest BCUT2D eigenvalue weighted by Crippen LogP contribution is 2.31. The molecular formula is C16H10ClF3N2O. The van der Waals surface area contributed by atoms with Crippen molar-refractivity contribution in [3.63, 3.8) is 0 Å². The lowest BCUT2D eigenvalue weighted by Gasteiger charge is -2.07. The zero-order chi connectivity index (χ0) is 16.4. The van der Waals surface area contributed by atoms with Gasteiger partial charge in [0.1, 0.15) is 0 Å². The molecule has 0 bridgehead atoms. The van der Waals surface area contributed by atoms with Crippen molar-refractivity contribution in [2.24, 2.45) is 0 Å². The first kappa shape index (κ1) is 15.4. The van der Waals surface area contributed by atoms with Crippen molar-refractivity contribution in [3.8, 4) is 11.3 Å². The number of alkyl halides is 3. The second-order valence-electron chi connectivity index (χ2n) is 4.74. The van der Waals surface area contributed by atoms with Gasteiger partial charge in [-0.2, -0.15) is 13.2 Å². The molecule has 0 amide bonds. The van der Waals surface area contributed by atoms with Crippen molar-refractivity contribution in [2.45, 2.75) is 6.18 Å². The Morgan fingerprint density at radius 1 is 1.04 bits per heavy atom. The molecular weight excluding hydrogens is 329 g/mol. The summed E-state index contributed by atoms with van der Waals surface area (Å²) in [6.45, 7) is 0. The summed E-state index contributed by atoms with van der Waals surface area (Å²) in [5, 5.41) is 3.38. The van der Waals surface area contributed by atoms with Crippen LogP contribution in [0.2, 0.25) is 5.02 Å². The van der Waals surface area contributed by atoms with E-state index in [0.29, 0.717) is 16.5 Å². The predicted octanol–water partition coefficient (Wildman–Crippen LogP) is 5.76. The number of nitrogens with one attached hydrogen (secondary N) is 1. The van der Waals surface area contributed by atoms with Gasteiger partial charge in [-0.3, -0.25) is 0 Å². The van der Waals surface area contributed by atoms with E-state index in [9.17, 15) is 13.2 Å². The minimum atomic E-state index is -4.36. The number of aromatic nitrogens is 1. The van der Waals surface area contributed by atoms with E-state index >= 15 is 0 Å². The summed E-state index contributed by atoms with van der Waals surface area (Å²) < 4.78 is 43.0. The van der Waals surface area contributed by atoms with Crippen molar-refractivity contribution in [1.29, 1.82) is 0 Å². The Morgan fingerprint density at radius 2 is 1.78 bits per heavy atom. The summed E-state index contributed by atoms with van der Waals surface area (Å²) in [5.41, 5.74) is 0.484. The Morgan fingerprint density at radius 3 is 2.43 bits per heavy atom. The van der Waals surface area contributed by atoms with Gasteiger partial charge in [0.05, 0.1) is 11.8 Å². The maximum atomic E-state index is 12.5. The summed E-state index contributed by atoms with van der Waals surface area (Å²) in [7, 11) is 0. The molecule has 0 unspecified atom stereocenters. The van der Waals surface area contributed by atoms with Crippen molar-refractivity contribution in [2.75, 3.05) is 5.32 Å². The smallest absolute Gasteiger partial charge is 0.416 e. The second-order valence-corrected chi connectivity index (χ2v) is 5.18. The first-order valence-corrected chi connectivity index (χ1v) is 6.96. The zero-order valence-electron chi connectivity index (χ0n) is 11.6. The number of anilines is 2. The number of rotatable bonds is 3. The highest BCUT2D eigenvalue weighted by atomic mass is 35.5. The third-order valence-corrected chi connectivity index (χ3v) is 3.31. The topological polar surface area (TPSA) is 38.1 Å². The number of hydrogen-bond donors (Lipinski definition) is 1. The van der Waals surface area contributed by atoms with E-state index in [2.05, 4.69) is 10.3 Å². The molecule has 1 N–H and O–H groups in total. The number of benzene rings is 2. The molecule has 0 fully saturated rings. The fourth-order valence-electron chi connectivity index (χ4n) is 1.97. The number of halogens is 4. The van der Waals surface area contributed by atoms with Gasteiger partial charge in [0, 0.05) is 16.3 Å². The third kappa shape index (κ3) is 3.65. The molecule has 0 saturated carbocycles. The van der Waals surface area contributed by atoms with Crippen LogP contribution in [0.25, 0.3) is 11.3 Å². The average molecular weight is 339 g/mol. The minimum Gasteiger partial charge on any atom is -0.423 e. The Labute approximate surface area is 134 Å². The lowest BCUT2D eigenvalue weighted by molar-refractivity contribution is -0.137. The Bertz CT molecular complexity index is 813. The quantitative estimate of drug-likeness (QED) is 0.660. The minimum absolute atomic E-state index is 0.180. The average Bonchev–Trinajstić information content (AvgIpc) is 2.95. The molecule has 0 saturated heterocycles. The number of hydrogen-bond acceptors (Lipinski definition) is 3. The molecule has 0 radical (unpaired) electrons. The Hall–Kier alpha value is -2.47. The predicted molar refractivity (Wildman–Crippen MR) is 81.7 cm³/mol. The summed E-state index contributed by atoms with van der Waals surface area (Å²) in [6, 6.07) is 11.8. The molecule has 3 aromatic rings. The van der Waals surface area contributed by atoms with E-state index in [1.54, 1.807) is 18.2 Å². The van der Waals surface area contributed by atoms with Crippen LogP contribution >= 0.6 is 11.6 Å². The molecule has 2 aromatic carbocycles. The first-order chi connectivity index (χ1) is 10.9. The van der Waals surface area contributed by atoms with Gasteiger partial charge in [-0.15, -0.1) is 0 Å². The molecule has 118 valence electrons. The molecule has 7 heteroatoms. The Balaban J connectivity index is 1.77. The second kappa shape index (κ2) is 5.96. The lowest BCUT2D eigenvalue weighted by atomic mass is 10.2. The maximum Gasteiger partial charge on any atom is 0.416 e. The maximum absolute atomic E-state index is 12.5. The fraction of sp³-hybridized carbons (Fsp3) is 0.0625. The van der Waals surface area contributed by atoms with Gasteiger partial charge >= 0.3 is 6.18 Å². The molecule has 23 heavy (non-hydrogen) atoms. The van der Waals surface area contributed by atoms with Crippen LogP contribution in [0.15, 0.2) is 59.1 Å². The van der Waals surface area contributed by atoms with Gasteiger partial charge in [0.25, 0.3) is 6.01 Å². The molecule has 0 aliphatic carbocycles. The SMILES string of the molecule is FC(F)(F)c1ccc(Nc2ncc(-c3cccc(Cl)c3)o2)cc1. The van der Waals surface area contributed by atoms with Crippen LogP contribution in [-0.2, 0) is 6.18 Å². The van der Waals surface area contributed by atoms with Gasteiger partial charge in [-0.05, 0) is 36.4 Å². The van der Waals surface area contributed by atoms with Crippen molar-refractivity contribution in [1.82, 2.24) is 4.98 Å². The number of oxazole rings is 1. The van der Waals surface area contributed by atoms with E-state index in [1.165, 1.54) is 18.3 Å². The highest BCUT2D eigenvalue weighted by molar-refractivity contribution is 6.30. The van der Waals surface area contributed by atoms with Crippen LogP contribution in [-0.4, -0.2) is 4.98 Å². The first-order valence-electron chi connectivity index (χ1n) is 6.58. The van der Waals surface area contributed by atoms with Crippen molar-refractivity contribution < 1.29 is 17.6 Å². The standard InChI is InChI=1S/C16H10ClF3N2O/c17-12-3-1-2-10(8-12)14-9-21-15(23-14)22-13-6-4-11(5-7-13)16(18,19)20/h1-9H,(H,21,22). The van der Waals surface area contributed by atoms with E-state index < -0.39 is 11.7 Å².